The van der Waals surface area contributed by atoms with Crippen LogP contribution in [-0.2, 0) is 0 Å². The Labute approximate surface area is 93.4 Å². The topological polar surface area (TPSA) is 42.4 Å². The number of hydrogen-bond acceptors (Lipinski definition) is 3. The number of hydrogen-bond donors (Lipinski definition) is 1. The SMILES string of the molecule is CCCN(C)C(CN)c1ccc(Br)o1. The molecular formula is C10H17BrN2O. The first-order valence-corrected chi connectivity index (χ1v) is 5.63. The van der Waals surface area contributed by atoms with Crippen molar-refractivity contribution in [3.8, 4) is 0 Å². The standard InChI is InChI=1S/C10H17BrN2O/c1-3-6-13(2)8(7-12)9-4-5-10(11)14-9/h4-5,8H,3,6-7,12H2,1-2H3. The molecule has 1 heterocycles. The quantitative estimate of drug-likeness (QED) is 0.884. The zero-order valence-electron chi connectivity index (χ0n) is 8.66. The highest BCUT2D eigenvalue weighted by Gasteiger charge is 2.17. The molecule has 0 saturated heterocycles. The molecule has 1 rings (SSSR count). The van der Waals surface area contributed by atoms with Crippen LogP contribution in [0.4, 0.5) is 0 Å². The van der Waals surface area contributed by atoms with Crippen molar-refractivity contribution in [2.24, 2.45) is 5.73 Å². The van der Waals surface area contributed by atoms with Gasteiger partial charge in [0.25, 0.3) is 0 Å². The summed E-state index contributed by atoms with van der Waals surface area (Å²) in [6.07, 6.45) is 1.12. The number of nitrogens with two attached hydrogens (primary N) is 1. The summed E-state index contributed by atoms with van der Waals surface area (Å²) in [7, 11) is 2.07. The minimum atomic E-state index is 0.182. The highest BCUT2D eigenvalue weighted by molar-refractivity contribution is 9.10. The van der Waals surface area contributed by atoms with E-state index < -0.39 is 0 Å². The normalized spacial score (nSPS) is 13.5. The average molecular weight is 261 g/mol. The molecule has 0 aliphatic rings. The third-order valence-electron chi connectivity index (χ3n) is 2.25. The zero-order valence-corrected chi connectivity index (χ0v) is 10.3. The summed E-state index contributed by atoms with van der Waals surface area (Å²) >= 11 is 3.29. The van der Waals surface area contributed by atoms with E-state index >= 15 is 0 Å². The van der Waals surface area contributed by atoms with Gasteiger partial charge in [-0.2, -0.15) is 0 Å². The predicted octanol–water partition coefficient (Wildman–Crippen LogP) is 2.38. The molecule has 3 nitrogen and oxygen atoms in total. The van der Waals surface area contributed by atoms with E-state index in [2.05, 4.69) is 34.8 Å². The molecule has 0 radical (unpaired) electrons. The first-order valence-electron chi connectivity index (χ1n) is 4.84. The van der Waals surface area contributed by atoms with Gasteiger partial charge in [-0.05, 0) is 48.1 Å². The van der Waals surface area contributed by atoms with Crippen molar-refractivity contribution in [3.63, 3.8) is 0 Å². The molecule has 0 aliphatic carbocycles. The largest absolute Gasteiger partial charge is 0.453 e. The van der Waals surface area contributed by atoms with Crippen LogP contribution in [0.5, 0.6) is 0 Å². The summed E-state index contributed by atoms with van der Waals surface area (Å²) < 4.78 is 6.26. The minimum Gasteiger partial charge on any atom is -0.453 e. The Morgan fingerprint density at radius 2 is 2.29 bits per heavy atom. The van der Waals surface area contributed by atoms with E-state index in [4.69, 9.17) is 10.2 Å². The summed E-state index contributed by atoms with van der Waals surface area (Å²) in [5.41, 5.74) is 5.73. The Morgan fingerprint density at radius 3 is 2.71 bits per heavy atom. The van der Waals surface area contributed by atoms with Gasteiger partial charge >= 0.3 is 0 Å². The molecule has 14 heavy (non-hydrogen) atoms. The molecule has 0 saturated carbocycles. The first kappa shape index (κ1) is 11.8. The smallest absolute Gasteiger partial charge is 0.169 e. The summed E-state index contributed by atoms with van der Waals surface area (Å²) in [6.45, 7) is 3.76. The Bertz CT molecular complexity index is 275. The Balaban J connectivity index is 2.71. The van der Waals surface area contributed by atoms with Gasteiger partial charge in [0.15, 0.2) is 4.67 Å². The maximum atomic E-state index is 5.73. The third kappa shape index (κ3) is 2.83. The van der Waals surface area contributed by atoms with Gasteiger partial charge in [0.1, 0.15) is 5.76 Å². The zero-order chi connectivity index (χ0) is 10.6. The lowest BCUT2D eigenvalue weighted by atomic mass is 10.2. The number of likely N-dealkylation sites (N-methyl/N-ethyl adjacent to an activating group) is 1. The van der Waals surface area contributed by atoms with E-state index in [1.54, 1.807) is 0 Å². The summed E-state index contributed by atoms with van der Waals surface area (Å²) in [6, 6.07) is 4.05. The second-order valence-electron chi connectivity index (χ2n) is 3.37. The molecule has 0 aliphatic heterocycles. The Hall–Kier alpha value is -0.320. The number of furan rings is 1. The molecule has 0 fully saturated rings. The van der Waals surface area contributed by atoms with Crippen LogP contribution in [0.1, 0.15) is 25.1 Å². The van der Waals surface area contributed by atoms with Crippen LogP contribution < -0.4 is 5.73 Å². The van der Waals surface area contributed by atoms with Gasteiger partial charge < -0.3 is 10.2 Å². The van der Waals surface area contributed by atoms with Gasteiger partial charge in [0.05, 0.1) is 6.04 Å². The van der Waals surface area contributed by atoms with Crippen molar-refractivity contribution >= 4 is 15.9 Å². The summed E-state index contributed by atoms with van der Waals surface area (Å²) in [4.78, 5) is 2.21. The highest BCUT2D eigenvalue weighted by Crippen LogP contribution is 2.23. The number of nitrogens with zero attached hydrogens (tertiary/aromatic N) is 1. The van der Waals surface area contributed by atoms with Crippen LogP contribution in [0, 0.1) is 0 Å². The fraction of sp³-hybridized carbons (Fsp3) is 0.600. The molecule has 1 aromatic heterocycles. The molecule has 0 aromatic carbocycles. The molecule has 0 bridgehead atoms. The van der Waals surface area contributed by atoms with Crippen molar-refractivity contribution in [2.75, 3.05) is 20.1 Å². The van der Waals surface area contributed by atoms with E-state index in [9.17, 15) is 0 Å². The maximum Gasteiger partial charge on any atom is 0.169 e. The van der Waals surface area contributed by atoms with Crippen molar-refractivity contribution in [1.82, 2.24) is 4.90 Å². The first-order chi connectivity index (χ1) is 6.69. The van der Waals surface area contributed by atoms with Gasteiger partial charge in [0.2, 0.25) is 0 Å². The lowest BCUT2D eigenvalue weighted by molar-refractivity contribution is 0.219. The van der Waals surface area contributed by atoms with E-state index in [1.807, 2.05) is 12.1 Å². The molecular weight excluding hydrogens is 244 g/mol. The minimum absolute atomic E-state index is 0.182. The lowest BCUT2D eigenvalue weighted by Crippen LogP contribution is -2.30. The van der Waals surface area contributed by atoms with Crippen molar-refractivity contribution in [3.05, 3.63) is 22.6 Å². The second kappa shape index (κ2) is 5.53. The fourth-order valence-corrected chi connectivity index (χ4v) is 1.85. The van der Waals surface area contributed by atoms with Gasteiger partial charge in [-0.25, -0.2) is 0 Å². The van der Waals surface area contributed by atoms with Crippen LogP contribution >= 0.6 is 15.9 Å². The lowest BCUT2D eigenvalue weighted by Gasteiger charge is -2.24. The monoisotopic (exact) mass is 260 g/mol. The van der Waals surface area contributed by atoms with Crippen LogP contribution in [0.25, 0.3) is 0 Å². The molecule has 0 amide bonds. The summed E-state index contributed by atoms with van der Waals surface area (Å²) in [5.74, 6) is 0.926. The van der Waals surface area contributed by atoms with E-state index in [0.29, 0.717) is 6.54 Å². The molecule has 1 unspecified atom stereocenters. The van der Waals surface area contributed by atoms with Crippen LogP contribution in [-0.4, -0.2) is 25.0 Å². The van der Waals surface area contributed by atoms with Crippen molar-refractivity contribution < 1.29 is 4.42 Å². The molecule has 1 aromatic rings. The van der Waals surface area contributed by atoms with Gasteiger partial charge in [0, 0.05) is 6.54 Å². The molecule has 4 heteroatoms. The van der Waals surface area contributed by atoms with Crippen molar-refractivity contribution in [1.29, 1.82) is 0 Å². The summed E-state index contributed by atoms with van der Waals surface area (Å²) in [5, 5.41) is 0. The highest BCUT2D eigenvalue weighted by atomic mass is 79.9. The van der Waals surface area contributed by atoms with E-state index in [-0.39, 0.29) is 6.04 Å². The second-order valence-corrected chi connectivity index (χ2v) is 4.16. The number of halogens is 1. The molecule has 2 N–H and O–H groups in total. The maximum absolute atomic E-state index is 5.73. The molecule has 1 atom stereocenters. The average Bonchev–Trinajstić information content (AvgIpc) is 2.54. The van der Waals surface area contributed by atoms with Gasteiger partial charge in [-0.3, -0.25) is 4.90 Å². The van der Waals surface area contributed by atoms with Gasteiger partial charge in [-0.15, -0.1) is 0 Å². The van der Waals surface area contributed by atoms with E-state index in [1.165, 1.54) is 0 Å². The predicted molar refractivity (Wildman–Crippen MR) is 61.1 cm³/mol. The number of rotatable bonds is 5. The Kier molecular flexibility index (Phi) is 4.65. The van der Waals surface area contributed by atoms with Crippen LogP contribution in [0.3, 0.4) is 0 Å². The van der Waals surface area contributed by atoms with Crippen LogP contribution in [0.2, 0.25) is 0 Å². The third-order valence-corrected chi connectivity index (χ3v) is 2.68. The molecule has 0 spiro atoms. The fourth-order valence-electron chi connectivity index (χ4n) is 1.53. The Morgan fingerprint density at radius 1 is 1.57 bits per heavy atom. The molecule has 80 valence electrons. The van der Waals surface area contributed by atoms with Crippen molar-refractivity contribution in [2.45, 2.75) is 19.4 Å². The van der Waals surface area contributed by atoms with Gasteiger partial charge in [-0.1, -0.05) is 6.92 Å². The van der Waals surface area contributed by atoms with Crippen LogP contribution in [0.15, 0.2) is 21.2 Å². The van der Waals surface area contributed by atoms with E-state index in [0.717, 1.165) is 23.4 Å².